The molecule has 4 aromatic rings. The number of hydrogen-bond acceptors (Lipinski definition) is 7. The quantitative estimate of drug-likeness (QED) is 0.419. The van der Waals surface area contributed by atoms with E-state index < -0.39 is 0 Å². The summed E-state index contributed by atoms with van der Waals surface area (Å²) in [5.41, 5.74) is 4.20. The Morgan fingerprint density at radius 3 is 2.73 bits per heavy atom. The van der Waals surface area contributed by atoms with E-state index in [2.05, 4.69) is 28.0 Å². The van der Waals surface area contributed by atoms with E-state index in [1.165, 1.54) is 11.3 Å². The highest BCUT2D eigenvalue weighted by Gasteiger charge is 2.14. The second-order valence-electron chi connectivity index (χ2n) is 8.12. The van der Waals surface area contributed by atoms with E-state index in [1.807, 2.05) is 47.8 Å². The summed E-state index contributed by atoms with van der Waals surface area (Å²) in [7, 11) is 0. The lowest BCUT2D eigenvalue weighted by atomic mass is 10.1. The van der Waals surface area contributed by atoms with Gasteiger partial charge in [0, 0.05) is 37.0 Å². The van der Waals surface area contributed by atoms with Crippen molar-refractivity contribution >= 4 is 16.3 Å². The van der Waals surface area contributed by atoms with Crippen molar-refractivity contribution < 1.29 is 9.47 Å². The van der Waals surface area contributed by atoms with Crippen molar-refractivity contribution in [2.75, 3.05) is 39.5 Å². The number of morpholine rings is 1. The molecule has 1 aliphatic rings. The zero-order chi connectivity index (χ0) is 22.6. The van der Waals surface area contributed by atoms with Gasteiger partial charge in [-0.1, -0.05) is 30.3 Å². The molecule has 1 fully saturated rings. The first-order valence-electron chi connectivity index (χ1n) is 11.1. The molecule has 1 saturated heterocycles. The molecule has 3 heterocycles. The fourth-order valence-electron chi connectivity index (χ4n) is 3.97. The maximum atomic E-state index is 12.5. The third-order valence-corrected chi connectivity index (χ3v) is 6.62. The van der Waals surface area contributed by atoms with Crippen LogP contribution < -0.4 is 10.3 Å². The Morgan fingerprint density at radius 1 is 1.12 bits per heavy atom. The van der Waals surface area contributed by atoms with Gasteiger partial charge < -0.3 is 9.47 Å². The van der Waals surface area contributed by atoms with Gasteiger partial charge in [-0.3, -0.25) is 9.69 Å². The molecule has 0 radical (unpaired) electrons. The normalized spacial score (nSPS) is 14.6. The van der Waals surface area contributed by atoms with Gasteiger partial charge >= 0.3 is 0 Å². The van der Waals surface area contributed by atoms with Crippen LogP contribution in [0.4, 0.5) is 0 Å². The molecule has 170 valence electrons. The van der Waals surface area contributed by atoms with Gasteiger partial charge in [0.15, 0.2) is 0 Å². The van der Waals surface area contributed by atoms with Crippen molar-refractivity contribution in [1.82, 2.24) is 19.5 Å². The third kappa shape index (κ3) is 4.98. The van der Waals surface area contributed by atoms with Gasteiger partial charge in [0.05, 0.1) is 18.9 Å². The molecule has 7 nitrogen and oxygen atoms in total. The molecular weight excluding hydrogens is 436 g/mol. The topological polar surface area (TPSA) is 69.0 Å². The summed E-state index contributed by atoms with van der Waals surface area (Å²) in [6, 6.07) is 16.0. The van der Waals surface area contributed by atoms with Crippen LogP contribution in [-0.4, -0.2) is 59.0 Å². The SMILES string of the molecule is Cc1cc(-c2csc3nc(=O)c(Cc4ccccc4)nn23)ccc1OCCN1CCOCC1. The molecule has 0 bridgehead atoms. The van der Waals surface area contributed by atoms with Crippen LogP contribution in [0.15, 0.2) is 58.7 Å². The summed E-state index contributed by atoms with van der Waals surface area (Å²) in [5, 5.41) is 6.66. The first-order valence-corrected chi connectivity index (χ1v) is 12.0. The molecule has 0 amide bonds. The van der Waals surface area contributed by atoms with Gasteiger partial charge in [0.1, 0.15) is 18.1 Å². The molecule has 33 heavy (non-hydrogen) atoms. The number of ether oxygens (including phenoxy) is 2. The standard InChI is InChI=1S/C25H26N4O3S/c1-18-15-20(7-8-23(18)32-14-11-28-9-12-31-13-10-28)22-17-33-25-26-24(30)21(27-29(22)25)16-19-5-3-2-4-6-19/h2-8,15,17H,9-14,16H2,1H3. The smallest absolute Gasteiger partial charge is 0.296 e. The first kappa shape index (κ1) is 21.8. The molecule has 0 saturated carbocycles. The summed E-state index contributed by atoms with van der Waals surface area (Å²) in [4.78, 5) is 19.7. The molecule has 0 N–H and O–H groups in total. The van der Waals surface area contributed by atoms with Gasteiger partial charge in [-0.2, -0.15) is 10.1 Å². The van der Waals surface area contributed by atoms with E-state index in [4.69, 9.17) is 9.47 Å². The minimum Gasteiger partial charge on any atom is -0.492 e. The molecule has 8 heteroatoms. The van der Waals surface area contributed by atoms with Gasteiger partial charge in [0.2, 0.25) is 4.96 Å². The zero-order valence-corrected chi connectivity index (χ0v) is 19.4. The second kappa shape index (κ2) is 9.82. The minimum atomic E-state index is -0.271. The molecule has 1 aliphatic heterocycles. The van der Waals surface area contributed by atoms with Crippen LogP contribution >= 0.6 is 11.3 Å². The molecule has 0 aliphatic carbocycles. The lowest BCUT2D eigenvalue weighted by Gasteiger charge is -2.26. The maximum Gasteiger partial charge on any atom is 0.296 e. The highest BCUT2D eigenvalue weighted by Crippen LogP contribution is 2.28. The van der Waals surface area contributed by atoms with Gasteiger partial charge in [0.25, 0.3) is 5.56 Å². The van der Waals surface area contributed by atoms with E-state index in [1.54, 1.807) is 4.52 Å². The molecular formula is C25H26N4O3S. The Morgan fingerprint density at radius 2 is 1.94 bits per heavy atom. The van der Waals surface area contributed by atoms with Gasteiger partial charge in [-0.25, -0.2) is 4.52 Å². The summed E-state index contributed by atoms with van der Waals surface area (Å²) in [6.45, 7) is 7.11. The number of aromatic nitrogens is 3. The largest absolute Gasteiger partial charge is 0.492 e. The van der Waals surface area contributed by atoms with Crippen molar-refractivity contribution in [2.24, 2.45) is 0 Å². The van der Waals surface area contributed by atoms with Gasteiger partial charge in [-0.05, 0) is 36.2 Å². The predicted molar refractivity (Wildman–Crippen MR) is 129 cm³/mol. The zero-order valence-electron chi connectivity index (χ0n) is 18.6. The predicted octanol–water partition coefficient (Wildman–Crippen LogP) is 3.43. The van der Waals surface area contributed by atoms with E-state index in [-0.39, 0.29) is 5.56 Å². The molecule has 0 atom stereocenters. The highest BCUT2D eigenvalue weighted by atomic mass is 32.1. The van der Waals surface area contributed by atoms with E-state index >= 15 is 0 Å². The summed E-state index contributed by atoms with van der Waals surface area (Å²) >= 11 is 1.42. The van der Waals surface area contributed by atoms with Crippen LogP contribution in [0, 0.1) is 6.92 Å². The van der Waals surface area contributed by atoms with E-state index in [9.17, 15) is 4.79 Å². The third-order valence-electron chi connectivity index (χ3n) is 5.80. The highest BCUT2D eigenvalue weighted by molar-refractivity contribution is 7.15. The maximum absolute atomic E-state index is 12.5. The molecule has 0 spiro atoms. The number of benzene rings is 2. The molecule has 2 aromatic heterocycles. The van der Waals surface area contributed by atoms with Crippen LogP contribution in [0.1, 0.15) is 16.8 Å². The lowest BCUT2D eigenvalue weighted by Crippen LogP contribution is -2.38. The van der Waals surface area contributed by atoms with Crippen molar-refractivity contribution in [3.8, 4) is 17.0 Å². The van der Waals surface area contributed by atoms with E-state index in [0.717, 1.165) is 61.0 Å². The summed E-state index contributed by atoms with van der Waals surface area (Å²) in [6.07, 6.45) is 0.458. The number of aryl methyl sites for hydroxylation is 1. The molecule has 0 unspecified atom stereocenters. The Hall–Kier alpha value is -3.07. The number of fused-ring (bicyclic) bond motifs is 1. The van der Waals surface area contributed by atoms with Crippen LogP contribution in [0.2, 0.25) is 0 Å². The van der Waals surface area contributed by atoms with Crippen LogP contribution in [0.25, 0.3) is 16.2 Å². The fourth-order valence-corrected chi connectivity index (χ4v) is 4.79. The van der Waals surface area contributed by atoms with Crippen LogP contribution in [0.5, 0.6) is 5.75 Å². The monoisotopic (exact) mass is 462 g/mol. The Balaban J connectivity index is 1.35. The van der Waals surface area contributed by atoms with Gasteiger partial charge in [-0.15, -0.1) is 11.3 Å². The number of thiazole rings is 1. The fraction of sp³-hybridized carbons (Fsp3) is 0.320. The minimum absolute atomic E-state index is 0.271. The number of rotatable bonds is 7. The van der Waals surface area contributed by atoms with Crippen molar-refractivity contribution in [1.29, 1.82) is 0 Å². The lowest BCUT2D eigenvalue weighted by molar-refractivity contribution is 0.0322. The number of nitrogens with zero attached hydrogens (tertiary/aromatic N) is 4. The summed E-state index contributed by atoms with van der Waals surface area (Å²) in [5.74, 6) is 0.884. The van der Waals surface area contributed by atoms with E-state index in [0.29, 0.717) is 23.7 Å². The Bertz CT molecular complexity index is 1300. The first-order chi connectivity index (χ1) is 16.2. The average molecular weight is 463 g/mol. The van der Waals surface area contributed by atoms with Crippen LogP contribution in [-0.2, 0) is 11.2 Å². The van der Waals surface area contributed by atoms with Crippen molar-refractivity contribution in [3.63, 3.8) is 0 Å². The summed E-state index contributed by atoms with van der Waals surface area (Å²) < 4.78 is 13.2. The average Bonchev–Trinajstić information content (AvgIpc) is 3.24. The van der Waals surface area contributed by atoms with Crippen molar-refractivity contribution in [3.05, 3.63) is 81.1 Å². The van der Waals surface area contributed by atoms with Crippen LogP contribution in [0.3, 0.4) is 0 Å². The van der Waals surface area contributed by atoms with Crippen molar-refractivity contribution in [2.45, 2.75) is 13.3 Å². The Labute approximate surface area is 196 Å². The second-order valence-corrected chi connectivity index (χ2v) is 8.96. The number of hydrogen-bond donors (Lipinski definition) is 0. The molecule has 2 aromatic carbocycles. The molecule has 5 rings (SSSR count). The Kier molecular flexibility index (Phi) is 6.48.